The number of aliphatic hydroxyl groups excluding tert-OH is 1. The van der Waals surface area contributed by atoms with Crippen molar-refractivity contribution in [2.45, 2.75) is 43.4 Å². The first-order valence-corrected chi connectivity index (χ1v) is 19.6. The van der Waals surface area contributed by atoms with Crippen molar-refractivity contribution in [3.05, 3.63) is 147 Å². The highest BCUT2D eigenvalue weighted by atomic mass is 16.5. The van der Waals surface area contributed by atoms with Crippen molar-refractivity contribution in [3.63, 3.8) is 0 Å². The molecule has 4 aliphatic heterocycles. The van der Waals surface area contributed by atoms with Crippen LogP contribution in [0.25, 0.3) is 10.9 Å². The molecule has 5 N–H and O–H groups in total. The molecule has 5 heterocycles. The molecule has 9 rings (SSSR count). The Morgan fingerprint density at radius 2 is 1.56 bits per heavy atom. The Kier molecular flexibility index (Phi) is 10.9. The second-order valence-corrected chi connectivity index (χ2v) is 15.5. The van der Waals surface area contributed by atoms with Gasteiger partial charge in [-0.25, -0.2) is 0 Å². The molecule has 2 bridgehead atoms. The van der Waals surface area contributed by atoms with Crippen LogP contribution in [0.1, 0.15) is 61.9 Å². The fraction of sp³-hybridized carbons (Fsp3) is 0.333. The standard InChI is InChI=1S/C45H47N5O7/c51-37-16-14-35(36-15-17-40(53)48-41(36)37)38(52)25-46-21-18-29-6-8-30(9-7-29)24-47-42(54)32-10-12-33(13-11-32)43(55)50-27-45(28-50,34-4-2-1-3-5-34)44(56)57-39-26-49-22-19-31(39)20-23-49/h1-17,31,38-39,46,51-52H,18-28H2,(H,47,54)(H,48,53). The van der Waals surface area contributed by atoms with Gasteiger partial charge in [0.1, 0.15) is 17.3 Å². The van der Waals surface area contributed by atoms with Gasteiger partial charge in [0.2, 0.25) is 5.56 Å². The first kappa shape index (κ1) is 38.1. The molecule has 0 spiro atoms. The molecule has 2 unspecified atom stereocenters. The third-order valence-electron chi connectivity index (χ3n) is 11.8. The number of benzene rings is 4. The first-order chi connectivity index (χ1) is 27.7. The summed E-state index contributed by atoms with van der Waals surface area (Å²) in [6.07, 6.45) is 1.88. The van der Waals surface area contributed by atoms with Crippen LogP contribution in [-0.2, 0) is 27.9 Å². The zero-order valence-electron chi connectivity index (χ0n) is 31.7. The summed E-state index contributed by atoms with van der Waals surface area (Å²) in [6, 6.07) is 30.2. The number of aliphatic hydroxyl groups is 1. The van der Waals surface area contributed by atoms with E-state index in [2.05, 4.69) is 20.5 Å². The molecule has 4 aliphatic rings. The first-order valence-electron chi connectivity index (χ1n) is 19.6. The topological polar surface area (TPSA) is 164 Å². The number of nitrogens with zero attached hydrogens (tertiary/aromatic N) is 2. The monoisotopic (exact) mass is 769 g/mol. The number of likely N-dealkylation sites (tertiary alicyclic amines) is 1. The number of carbonyl (C=O) groups excluding carboxylic acids is 3. The van der Waals surface area contributed by atoms with E-state index in [9.17, 15) is 29.4 Å². The normalized spacial score (nSPS) is 20.1. The van der Waals surface area contributed by atoms with Crippen LogP contribution >= 0.6 is 0 Å². The largest absolute Gasteiger partial charge is 0.506 e. The number of nitrogens with one attached hydrogen (secondary N) is 3. The smallest absolute Gasteiger partial charge is 0.320 e. The zero-order chi connectivity index (χ0) is 39.5. The average Bonchev–Trinajstić information content (AvgIpc) is 3.22. The maximum absolute atomic E-state index is 13.8. The predicted octanol–water partition coefficient (Wildman–Crippen LogP) is 4.06. The SMILES string of the molecule is O=C(NCc1ccc(CCNCC(O)c2ccc(O)c3[nH]c(=O)ccc23)cc1)c1ccc(C(=O)N2CC(C(=O)OC3CN4CCC3CC4)(c3ccccc3)C2)cc1. The van der Waals surface area contributed by atoms with Crippen molar-refractivity contribution < 1.29 is 29.3 Å². The summed E-state index contributed by atoms with van der Waals surface area (Å²) in [5.41, 5.74) is 3.45. The number of rotatable bonds is 13. The van der Waals surface area contributed by atoms with E-state index >= 15 is 0 Å². The van der Waals surface area contributed by atoms with Crippen molar-refractivity contribution in [2.75, 3.05) is 45.8 Å². The summed E-state index contributed by atoms with van der Waals surface area (Å²) in [4.78, 5) is 58.7. The molecule has 12 nitrogen and oxygen atoms in total. The molecule has 4 saturated heterocycles. The number of pyridine rings is 1. The minimum absolute atomic E-state index is 0.0491. The Morgan fingerprint density at radius 3 is 2.26 bits per heavy atom. The number of aromatic amines is 1. The molecule has 2 amide bonds. The van der Waals surface area contributed by atoms with Gasteiger partial charge in [0.25, 0.3) is 11.8 Å². The highest BCUT2D eigenvalue weighted by Crippen LogP contribution is 2.39. The summed E-state index contributed by atoms with van der Waals surface area (Å²) in [5, 5.41) is 27.7. The van der Waals surface area contributed by atoms with Crippen molar-refractivity contribution in [3.8, 4) is 5.75 Å². The lowest BCUT2D eigenvalue weighted by Gasteiger charge is -2.50. The van der Waals surface area contributed by atoms with E-state index in [0.29, 0.717) is 53.1 Å². The number of amides is 2. The zero-order valence-corrected chi connectivity index (χ0v) is 31.7. The molecule has 4 aromatic carbocycles. The fourth-order valence-electron chi connectivity index (χ4n) is 8.42. The number of ether oxygens (including phenoxy) is 1. The number of piperidine rings is 3. The van der Waals surface area contributed by atoms with E-state index in [1.807, 2.05) is 54.6 Å². The molecule has 0 saturated carbocycles. The van der Waals surface area contributed by atoms with Crippen LogP contribution in [-0.4, -0.2) is 94.7 Å². The van der Waals surface area contributed by atoms with Crippen LogP contribution in [0, 0.1) is 5.92 Å². The third kappa shape index (κ3) is 8.06. The van der Waals surface area contributed by atoms with Crippen molar-refractivity contribution >= 4 is 28.7 Å². The van der Waals surface area contributed by atoms with E-state index in [1.54, 1.807) is 41.3 Å². The number of carbonyl (C=O) groups is 3. The second kappa shape index (κ2) is 16.3. The molecular weight excluding hydrogens is 723 g/mol. The fourth-order valence-corrected chi connectivity index (χ4v) is 8.42. The Bertz CT molecular complexity index is 2300. The van der Waals surface area contributed by atoms with Gasteiger partial charge in [-0.2, -0.15) is 0 Å². The van der Waals surface area contributed by atoms with Crippen molar-refractivity contribution in [2.24, 2.45) is 5.92 Å². The summed E-state index contributed by atoms with van der Waals surface area (Å²) >= 11 is 0. The van der Waals surface area contributed by atoms with E-state index in [4.69, 9.17) is 4.74 Å². The van der Waals surface area contributed by atoms with Crippen LogP contribution in [0.15, 0.2) is 108 Å². The lowest BCUT2D eigenvalue weighted by Crippen LogP contribution is -2.66. The molecule has 57 heavy (non-hydrogen) atoms. The number of esters is 1. The number of fused-ring (bicyclic) bond motifs is 4. The Hall–Kier alpha value is -5.82. The van der Waals surface area contributed by atoms with Gasteiger partial charge >= 0.3 is 5.97 Å². The molecule has 2 atom stereocenters. The molecule has 4 fully saturated rings. The van der Waals surface area contributed by atoms with Crippen LogP contribution in [0.2, 0.25) is 0 Å². The lowest BCUT2D eigenvalue weighted by molar-refractivity contribution is -0.171. The number of phenolic OH excluding ortho intramolecular Hbond substituents is 1. The van der Waals surface area contributed by atoms with Crippen LogP contribution < -0.4 is 16.2 Å². The van der Waals surface area contributed by atoms with E-state index in [0.717, 1.165) is 55.6 Å². The van der Waals surface area contributed by atoms with Gasteiger partial charge in [-0.3, -0.25) is 24.1 Å². The van der Waals surface area contributed by atoms with Crippen LogP contribution in [0.5, 0.6) is 5.75 Å². The quantitative estimate of drug-likeness (QED) is 0.0878. The highest BCUT2D eigenvalue weighted by Gasteiger charge is 2.55. The highest BCUT2D eigenvalue weighted by molar-refractivity contribution is 5.99. The van der Waals surface area contributed by atoms with Gasteiger partial charge in [-0.05, 0) is 103 Å². The predicted molar refractivity (Wildman–Crippen MR) is 215 cm³/mol. The van der Waals surface area contributed by atoms with Gasteiger partial charge in [0.15, 0.2) is 0 Å². The molecule has 0 radical (unpaired) electrons. The third-order valence-corrected chi connectivity index (χ3v) is 11.8. The van der Waals surface area contributed by atoms with E-state index in [-0.39, 0.29) is 48.3 Å². The van der Waals surface area contributed by atoms with Crippen molar-refractivity contribution in [1.82, 2.24) is 25.4 Å². The summed E-state index contributed by atoms with van der Waals surface area (Å²) in [5.74, 6) is -0.362. The number of hydrogen-bond donors (Lipinski definition) is 5. The van der Waals surface area contributed by atoms with E-state index < -0.39 is 11.5 Å². The maximum Gasteiger partial charge on any atom is 0.320 e. The molecule has 294 valence electrons. The Morgan fingerprint density at radius 1 is 0.860 bits per heavy atom. The molecule has 1 aromatic heterocycles. The van der Waals surface area contributed by atoms with Gasteiger partial charge < -0.3 is 35.5 Å². The van der Waals surface area contributed by atoms with Crippen LogP contribution in [0.3, 0.4) is 0 Å². The van der Waals surface area contributed by atoms with E-state index in [1.165, 1.54) is 12.1 Å². The number of phenols is 1. The number of aromatic hydroxyl groups is 1. The average molecular weight is 770 g/mol. The number of H-pyrrole nitrogens is 1. The van der Waals surface area contributed by atoms with Gasteiger partial charge in [0.05, 0.1) is 11.6 Å². The maximum atomic E-state index is 13.8. The molecule has 0 aliphatic carbocycles. The Balaban J connectivity index is 0.796. The lowest BCUT2D eigenvalue weighted by atomic mass is 9.73. The second-order valence-electron chi connectivity index (χ2n) is 15.5. The Labute approximate surface area is 330 Å². The van der Waals surface area contributed by atoms with Gasteiger partial charge in [-0.15, -0.1) is 0 Å². The van der Waals surface area contributed by atoms with Crippen LogP contribution in [0.4, 0.5) is 0 Å². The minimum atomic E-state index is -0.905. The summed E-state index contributed by atoms with van der Waals surface area (Å²) < 4.78 is 6.19. The summed E-state index contributed by atoms with van der Waals surface area (Å²) in [7, 11) is 0. The van der Waals surface area contributed by atoms with Gasteiger partial charge in [0, 0.05) is 55.3 Å². The number of aromatic nitrogens is 1. The van der Waals surface area contributed by atoms with Gasteiger partial charge in [-0.1, -0.05) is 60.7 Å². The molecule has 5 aromatic rings. The molecule has 12 heteroatoms. The summed E-state index contributed by atoms with van der Waals surface area (Å²) in [6.45, 7) is 4.62. The number of hydrogen-bond acceptors (Lipinski definition) is 9. The molecular formula is C45H47N5O7. The van der Waals surface area contributed by atoms with Crippen molar-refractivity contribution in [1.29, 1.82) is 0 Å². The minimum Gasteiger partial charge on any atom is -0.506 e.